The lowest BCUT2D eigenvalue weighted by Crippen LogP contribution is -2.53. The maximum Gasteiger partial charge on any atom is 0.0793 e. The number of rotatable bonds is 6. The van der Waals surface area contributed by atoms with Gasteiger partial charge in [-0.05, 0) is 20.8 Å². The van der Waals surface area contributed by atoms with Gasteiger partial charge in [-0.2, -0.15) is 0 Å². The largest absolute Gasteiger partial charge is 0.392 e. The average molecular weight is 315 g/mol. The van der Waals surface area contributed by atoms with Gasteiger partial charge < -0.3 is 14.9 Å². The first-order chi connectivity index (χ1) is 10.4. The van der Waals surface area contributed by atoms with Crippen molar-refractivity contribution in [2.45, 2.75) is 45.2 Å². The quantitative estimate of drug-likeness (QED) is 0.686. The molecule has 6 nitrogen and oxygen atoms in total. The van der Waals surface area contributed by atoms with Crippen molar-refractivity contribution in [1.29, 1.82) is 0 Å². The summed E-state index contributed by atoms with van der Waals surface area (Å²) in [6.45, 7) is 13.9. The van der Waals surface area contributed by atoms with E-state index in [4.69, 9.17) is 4.74 Å². The number of piperazine rings is 1. The number of aliphatic hydroxyl groups excluding tert-OH is 2. The van der Waals surface area contributed by atoms with E-state index in [1.165, 1.54) is 0 Å². The van der Waals surface area contributed by atoms with E-state index in [0.29, 0.717) is 0 Å². The molecule has 0 spiro atoms. The summed E-state index contributed by atoms with van der Waals surface area (Å²) in [5, 5.41) is 19.8. The topological polar surface area (TPSA) is 59.4 Å². The molecule has 0 unspecified atom stereocenters. The summed E-state index contributed by atoms with van der Waals surface area (Å²) in [7, 11) is 0. The number of aliphatic hydroxyl groups is 2. The van der Waals surface area contributed by atoms with Gasteiger partial charge in [0.2, 0.25) is 0 Å². The highest BCUT2D eigenvalue weighted by atomic mass is 16.5. The van der Waals surface area contributed by atoms with Crippen molar-refractivity contribution in [2.24, 2.45) is 0 Å². The number of ether oxygens (including phenoxy) is 1. The number of hydrogen-bond acceptors (Lipinski definition) is 6. The van der Waals surface area contributed by atoms with Gasteiger partial charge >= 0.3 is 0 Å². The Morgan fingerprint density at radius 3 is 1.82 bits per heavy atom. The van der Waals surface area contributed by atoms with Gasteiger partial charge in [-0.1, -0.05) is 0 Å². The lowest BCUT2D eigenvalue weighted by Gasteiger charge is -2.38. The molecule has 0 aliphatic carbocycles. The highest BCUT2D eigenvalue weighted by Gasteiger charge is 2.25. The zero-order chi connectivity index (χ0) is 16.1. The van der Waals surface area contributed by atoms with Gasteiger partial charge in [-0.15, -0.1) is 0 Å². The van der Waals surface area contributed by atoms with Gasteiger partial charge in [0.15, 0.2) is 0 Å². The van der Waals surface area contributed by atoms with Crippen LogP contribution in [0.25, 0.3) is 0 Å². The molecule has 130 valence electrons. The SMILES string of the molecule is C[C@H](O)CN1CCN(C[C@H](O)CN2C[C@H](C)O[C@@H](C)C2)CC1. The number of morpholine rings is 1. The molecule has 0 aromatic carbocycles. The molecule has 2 rings (SSSR count). The molecule has 2 heterocycles. The highest BCUT2D eigenvalue weighted by Crippen LogP contribution is 2.11. The first-order valence-electron chi connectivity index (χ1n) is 8.61. The van der Waals surface area contributed by atoms with Crippen LogP contribution in [0, 0.1) is 0 Å². The molecule has 2 saturated heterocycles. The zero-order valence-corrected chi connectivity index (χ0v) is 14.3. The second-order valence-corrected chi connectivity index (χ2v) is 7.08. The van der Waals surface area contributed by atoms with E-state index in [2.05, 4.69) is 28.5 Å². The number of nitrogens with zero attached hydrogens (tertiary/aromatic N) is 3. The van der Waals surface area contributed by atoms with Gasteiger partial charge in [0.1, 0.15) is 0 Å². The Bertz CT molecular complexity index is 312. The van der Waals surface area contributed by atoms with Crippen molar-refractivity contribution in [1.82, 2.24) is 14.7 Å². The fraction of sp³-hybridized carbons (Fsp3) is 1.00. The van der Waals surface area contributed by atoms with Crippen LogP contribution < -0.4 is 0 Å². The molecule has 0 saturated carbocycles. The molecule has 0 radical (unpaired) electrons. The van der Waals surface area contributed by atoms with Crippen LogP contribution in [-0.2, 0) is 4.74 Å². The third-order valence-electron chi connectivity index (χ3n) is 4.42. The fourth-order valence-corrected chi connectivity index (χ4v) is 3.62. The van der Waals surface area contributed by atoms with Crippen LogP contribution in [0.4, 0.5) is 0 Å². The van der Waals surface area contributed by atoms with E-state index in [-0.39, 0.29) is 24.4 Å². The molecule has 0 bridgehead atoms. The van der Waals surface area contributed by atoms with Gasteiger partial charge in [0, 0.05) is 58.9 Å². The minimum Gasteiger partial charge on any atom is -0.392 e. The van der Waals surface area contributed by atoms with Crippen molar-refractivity contribution >= 4 is 0 Å². The Balaban J connectivity index is 1.66. The molecule has 2 aliphatic rings. The number of β-amino-alcohol motifs (C(OH)–C–C–N with tert-alkyl or cyclic N) is 2. The maximum atomic E-state index is 10.4. The highest BCUT2D eigenvalue weighted by molar-refractivity contribution is 4.79. The number of hydrogen-bond donors (Lipinski definition) is 2. The van der Waals surface area contributed by atoms with Crippen molar-refractivity contribution in [3.8, 4) is 0 Å². The van der Waals surface area contributed by atoms with Crippen molar-refractivity contribution in [3.63, 3.8) is 0 Å². The summed E-state index contributed by atoms with van der Waals surface area (Å²) in [5.74, 6) is 0. The third kappa shape index (κ3) is 6.10. The maximum absolute atomic E-state index is 10.4. The van der Waals surface area contributed by atoms with Crippen LogP contribution in [0.2, 0.25) is 0 Å². The summed E-state index contributed by atoms with van der Waals surface area (Å²) in [6, 6.07) is 0. The first-order valence-corrected chi connectivity index (χ1v) is 8.61. The first kappa shape index (κ1) is 18.1. The standard InChI is InChI=1S/C16H33N3O3/c1-13(20)8-17-4-6-18(7-5-17)11-16(21)12-19-9-14(2)22-15(3)10-19/h13-16,20-21H,4-12H2,1-3H3/t13-,14-,15-,16-/m0/s1. The minimum absolute atomic E-state index is 0.250. The Hall–Kier alpha value is -0.240. The second kappa shape index (κ2) is 8.57. The molecule has 0 aromatic rings. The molecule has 2 N–H and O–H groups in total. The molecule has 4 atom stereocenters. The lowest BCUT2D eigenvalue weighted by atomic mass is 10.2. The van der Waals surface area contributed by atoms with E-state index in [1.54, 1.807) is 0 Å². The summed E-state index contributed by atoms with van der Waals surface area (Å²) in [6.07, 6.45) is -0.0665. The Kier molecular flexibility index (Phi) is 7.05. The van der Waals surface area contributed by atoms with Gasteiger partial charge in [0.25, 0.3) is 0 Å². The smallest absolute Gasteiger partial charge is 0.0793 e. The predicted molar refractivity (Wildman–Crippen MR) is 87.0 cm³/mol. The van der Waals surface area contributed by atoms with Crippen molar-refractivity contribution in [2.75, 3.05) is 58.9 Å². The lowest BCUT2D eigenvalue weighted by molar-refractivity contribution is -0.0786. The Labute approximate surface area is 134 Å². The molecule has 22 heavy (non-hydrogen) atoms. The van der Waals surface area contributed by atoms with Gasteiger partial charge in [-0.25, -0.2) is 0 Å². The zero-order valence-electron chi connectivity index (χ0n) is 14.3. The van der Waals surface area contributed by atoms with Crippen LogP contribution in [0.15, 0.2) is 0 Å². The van der Waals surface area contributed by atoms with Crippen LogP contribution in [0.1, 0.15) is 20.8 Å². The normalized spacial score (nSPS) is 32.0. The Morgan fingerprint density at radius 2 is 1.32 bits per heavy atom. The van der Waals surface area contributed by atoms with E-state index < -0.39 is 0 Å². The second-order valence-electron chi connectivity index (χ2n) is 7.08. The van der Waals surface area contributed by atoms with Gasteiger partial charge in [0.05, 0.1) is 24.4 Å². The van der Waals surface area contributed by atoms with E-state index >= 15 is 0 Å². The summed E-state index contributed by atoms with van der Waals surface area (Å²) in [4.78, 5) is 6.93. The fourth-order valence-electron chi connectivity index (χ4n) is 3.62. The molecular weight excluding hydrogens is 282 g/mol. The molecule has 6 heteroatoms. The summed E-state index contributed by atoms with van der Waals surface area (Å²) >= 11 is 0. The monoisotopic (exact) mass is 315 g/mol. The minimum atomic E-state index is -0.305. The van der Waals surface area contributed by atoms with Crippen LogP contribution in [-0.4, -0.2) is 108 Å². The molecule has 0 aromatic heterocycles. The van der Waals surface area contributed by atoms with Crippen LogP contribution in [0.5, 0.6) is 0 Å². The van der Waals surface area contributed by atoms with Crippen LogP contribution in [0.3, 0.4) is 0 Å². The average Bonchev–Trinajstić information content (AvgIpc) is 2.39. The van der Waals surface area contributed by atoms with Gasteiger partial charge in [-0.3, -0.25) is 14.7 Å². The summed E-state index contributed by atoms with van der Waals surface area (Å²) < 4.78 is 5.73. The van der Waals surface area contributed by atoms with E-state index in [1.807, 2.05) is 6.92 Å². The molecule has 0 amide bonds. The van der Waals surface area contributed by atoms with E-state index in [0.717, 1.165) is 58.9 Å². The molecular formula is C16H33N3O3. The molecule has 2 fully saturated rings. The third-order valence-corrected chi connectivity index (χ3v) is 4.42. The van der Waals surface area contributed by atoms with Crippen LogP contribution >= 0.6 is 0 Å². The van der Waals surface area contributed by atoms with E-state index in [9.17, 15) is 10.2 Å². The summed E-state index contributed by atoms with van der Waals surface area (Å²) in [5.41, 5.74) is 0. The van der Waals surface area contributed by atoms with Crippen molar-refractivity contribution < 1.29 is 14.9 Å². The predicted octanol–water partition coefficient (Wildman–Crippen LogP) is -0.545. The molecule has 2 aliphatic heterocycles. The Morgan fingerprint density at radius 1 is 0.864 bits per heavy atom. The van der Waals surface area contributed by atoms with Crippen molar-refractivity contribution in [3.05, 3.63) is 0 Å².